The summed E-state index contributed by atoms with van der Waals surface area (Å²) in [5.41, 5.74) is 7.07. The van der Waals surface area contributed by atoms with Gasteiger partial charge in [0.2, 0.25) is 15.9 Å². The lowest BCUT2D eigenvalue weighted by Gasteiger charge is -2.40. The number of nitrogens with one attached hydrogen (secondary N) is 2. The molecule has 0 aromatic heterocycles. The summed E-state index contributed by atoms with van der Waals surface area (Å²) < 4.78 is 86.1. The molecule has 0 radical (unpaired) electrons. The van der Waals surface area contributed by atoms with Gasteiger partial charge in [-0.15, -0.1) is 0 Å². The van der Waals surface area contributed by atoms with Crippen LogP contribution >= 0.6 is 0 Å². The fourth-order valence-electron chi connectivity index (χ4n) is 6.02. The molecule has 1 heterocycles. The van der Waals surface area contributed by atoms with Gasteiger partial charge in [0.25, 0.3) is 0 Å². The fraction of sp³-hybridized carbons (Fsp3) is 0.265. The Kier molecular flexibility index (Phi) is 10.2. The number of halogens is 4. The number of carbonyl (C=O) groups excluding carboxylic acids is 1. The summed E-state index contributed by atoms with van der Waals surface area (Å²) in [6, 6.07) is 17.8. The lowest BCUT2D eigenvalue weighted by Crippen LogP contribution is -2.58. The third kappa shape index (κ3) is 7.31. The molecule has 242 valence electrons. The Balaban J connectivity index is 1.39. The SMILES string of the molecule is C[C@@H]1CNC[C@H](CCc2c(F)cccc2NC(=O)[C@@H](N)[C@@H](c2ccc(F)cc2)c2cc(F)cc(F)c2)N1S(=O)(=O)c1ccccc1. The van der Waals surface area contributed by atoms with Crippen molar-refractivity contribution in [2.45, 2.75) is 48.7 Å². The Morgan fingerprint density at radius 3 is 2.24 bits per heavy atom. The summed E-state index contributed by atoms with van der Waals surface area (Å²) in [4.78, 5) is 13.7. The number of benzene rings is 4. The average molecular weight is 655 g/mol. The summed E-state index contributed by atoms with van der Waals surface area (Å²) >= 11 is 0. The maximum atomic E-state index is 15.3. The van der Waals surface area contributed by atoms with Crippen LogP contribution in [-0.2, 0) is 21.2 Å². The van der Waals surface area contributed by atoms with Gasteiger partial charge in [0.15, 0.2) is 0 Å². The molecule has 4 aromatic carbocycles. The van der Waals surface area contributed by atoms with Gasteiger partial charge in [-0.1, -0.05) is 36.4 Å². The molecule has 46 heavy (non-hydrogen) atoms. The van der Waals surface area contributed by atoms with Crippen molar-refractivity contribution < 1.29 is 30.8 Å². The normalized spacial score (nSPS) is 18.6. The second-order valence-corrected chi connectivity index (χ2v) is 13.2. The number of amides is 1. The quantitative estimate of drug-likeness (QED) is 0.201. The zero-order chi connectivity index (χ0) is 33.0. The van der Waals surface area contributed by atoms with E-state index in [2.05, 4.69) is 10.6 Å². The molecule has 5 rings (SSSR count). The number of piperazine rings is 1. The molecule has 4 atom stereocenters. The Morgan fingerprint density at radius 1 is 0.891 bits per heavy atom. The van der Waals surface area contributed by atoms with Gasteiger partial charge in [0, 0.05) is 48.4 Å². The number of anilines is 1. The number of nitrogens with two attached hydrogens (primary N) is 1. The van der Waals surface area contributed by atoms with Crippen LogP contribution in [0, 0.1) is 23.3 Å². The number of sulfonamides is 1. The first-order valence-corrected chi connectivity index (χ1v) is 16.2. The zero-order valence-electron chi connectivity index (χ0n) is 25.0. The maximum Gasteiger partial charge on any atom is 0.243 e. The molecule has 0 saturated carbocycles. The molecular weight excluding hydrogens is 620 g/mol. The van der Waals surface area contributed by atoms with Crippen molar-refractivity contribution >= 4 is 21.6 Å². The summed E-state index contributed by atoms with van der Waals surface area (Å²) in [6.45, 7) is 2.60. The molecule has 1 aliphatic rings. The van der Waals surface area contributed by atoms with Crippen molar-refractivity contribution in [1.29, 1.82) is 0 Å². The van der Waals surface area contributed by atoms with Crippen LogP contribution < -0.4 is 16.4 Å². The van der Waals surface area contributed by atoms with Crippen LogP contribution in [0.4, 0.5) is 23.2 Å². The van der Waals surface area contributed by atoms with Crippen LogP contribution in [0.2, 0.25) is 0 Å². The van der Waals surface area contributed by atoms with Crippen LogP contribution in [-0.4, -0.2) is 49.8 Å². The van der Waals surface area contributed by atoms with Gasteiger partial charge in [0.1, 0.15) is 23.3 Å². The Bertz CT molecular complexity index is 1770. The summed E-state index contributed by atoms with van der Waals surface area (Å²) in [5, 5.41) is 5.91. The van der Waals surface area contributed by atoms with Crippen molar-refractivity contribution in [2.75, 3.05) is 18.4 Å². The van der Waals surface area contributed by atoms with Gasteiger partial charge < -0.3 is 16.4 Å². The maximum absolute atomic E-state index is 15.3. The van der Waals surface area contributed by atoms with Gasteiger partial charge in [-0.2, -0.15) is 4.31 Å². The minimum Gasteiger partial charge on any atom is -0.324 e. The number of rotatable bonds is 10. The minimum absolute atomic E-state index is 0.0601. The molecule has 1 saturated heterocycles. The predicted molar refractivity (Wildman–Crippen MR) is 168 cm³/mol. The highest BCUT2D eigenvalue weighted by Crippen LogP contribution is 2.31. The highest BCUT2D eigenvalue weighted by molar-refractivity contribution is 7.89. The highest BCUT2D eigenvalue weighted by atomic mass is 32.2. The highest BCUT2D eigenvalue weighted by Gasteiger charge is 2.38. The molecule has 1 aliphatic heterocycles. The third-order valence-corrected chi connectivity index (χ3v) is 10.3. The number of hydrogen-bond acceptors (Lipinski definition) is 5. The molecule has 4 N–H and O–H groups in total. The minimum atomic E-state index is -3.85. The Labute approximate surface area is 265 Å². The second kappa shape index (κ2) is 14.1. The van der Waals surface area contributed by atoms with Crippen molar-refractivity contribution in [3.8, 4) is 0 Å². The molecule has 1 amide bonds. The van der Waals surface area contributed by atoms with E-state index in [1.165, 1.54) is 46.8 Å². The van der Waals surface area contributed by atoms with E-state index in [-0.39, 0.29) is 40.6 Å². The smallest absolute Gasteiger partial charge is 0.243 e. The molecule has 0 spiro atoms. The first-order valence-electron chi connectivity index (χ1n) is 14.8. The zero-order valence-corrected chi connectivity index (χ0v) is 25.8. The van der Waals surface area contributed by atoms with Crippen LogP contribution in [0.1, 0.15) is 36.0 Å². The van der Waals surface area contributed by atoms with Crippen molar-refractivity contribution in [3.63, 3.8) is 0 Å². The molecule has 0 bridgehead atoms. The second-order valence-electron chi connectivity index (χ2n) is 11.4. The van der Waals surface area contributed by atoms with Crippen LogP contribution in [0.5, 0.6) is 0 Å². The monoisotopic (exact) mass is 654 g/mol. The van der Waals surface area contributed by atoms with Crippen LogP contribution in [0.25, 0.3) is 0 Å². The molecule has 1 fully saturated rings. The van der Waals surface area contributed by atoms with Crippen LogP contribution in [0.3, 0.4) is 0 Å². The van der Waals surface area contributed by atoms with Crippen molar-refractivity contribution in [2.24, 2.45) is 5.73 Å². The largest absolute Gasteiger partial charge is 0.324 e. The van der Waals surface area contributed by atoms with Gasteiger partial charge in [0.05, 0.1) is 10.9 Å². The van der Waals surface area contributed by atoms with E-state index in [1.807, 2.05) is 0 Å². The molecule has 0 aliphatic carbocycles. The summed E-state index contributed by atoms with van der Waals surface area (Å²) in [5.74, 6) is -4.76. The number of carbonyl (C=O) groups is 1. The molecule has 12 heteroatoms. The van der Waals surface area contributed by atoms with E-state index in [9.17, 15) is 26.4 Å². The molecule has 4 aromatic rings. The van der Waals surface area contributed by atoms with E-state index in [1.54, 1.807) is 25.1 Å². The lowest BCUT2D eigenvalue weighted by atomic mass is 9.84. The predicted octanol–water partition coefficient (Wildman–Crippen LogP) is 5.32. The standard InChI is InChI=1S/C34H34F4N4O3S/c1-21-19-40-20-27(42(21)46(44,45)28-6-3-2-4-7-28)14-15-29-30(38)8-5-9-31(29)41-34(43)33(39)32(22-10-12-24(35)13-11-22)23-16-25(36)18-26(37)17-23/h2-13,16-18,21,27,32-33,40H,14-15,19-20,39H2,1H3,(H,41,43)/t21-,27+,32+,33+/m1/s1. The average Bonchev–Trinajstić information content (AvgIpc) is 3.01. The van der Waals surface area contributed by atoms with Crippen molar-refractivity contribution in [1.82, 2.24) is 9.62 Å². The van der Waals surface area contributed by atoms with Crippen LogP contribution in [0.15, 0.2) is 95.9 Å². The van der Waals surface area contributed by atoms with E-state index >= 15 is 4.39 Å². The van der Waals surface area contributed by atoms with E-state index < -0.39 is 57.2 Å². The van der Waals surface area contributed by atoms with Gasteiger partial charge in [-0.05, 0) is 79.4 Å². The molecule has 7 nitrogen and oxygen atoms in total. The number of hydrogen-bond donors (Lipinski definition) is 3. The summed E-state index contributed by atoms with van der Waals surface area (Å²) in [7, 11) is -3.85. The topological polar surface area (TPSA) is 105 Å². The van der Waals surface area contributed by atoms with E-state index in [0.717, 1.165) is 24.3 Å². The first kappa shape index (κ1) is 33.3. The van der Waals surface area contributed by atoms with Gasteiger partial charge >= 0.3 is 0 Å². The van der Waals surface area contributed by atoms with Gasteiger partial charge in [-0.3, -0.25) is 4.79 Å². The Hall–Kier alpha value is -4.10. The van der Waals surface area contributed by atoms with E-state index in [0.29, 0.717) is 24.7 Å². The van der Waals surface area contributed by atoms with Gasteiger partial charge in [-0.25, -0.2) is 26.0 Å². The fourth-order valence-corrected chi connectivity index (χ4v) is 7.88. The van der Waals surface area contributed by atoms with Crippen molar-refractivity contribution in [3.05, 3.63) is 131 Å². The third-order valence-electron chi connectivity index (χ3n) is 8.17. The first-order chi connectivity index (χ1) is 22.0. The van der Waals surface area contributed by atoms with E-state index in [4.69, 9.17) is 5.73 Å². The Morgan fingerprint density at radius 2 is 1.57 bits per heavy atom. The summed E-state index contributed by atoms with van der Waals surface area (Å²) in [6.07, 6.45) is 0.313. The number of nitrogens with zero attached hydrogens (tertiary/aromatic N) is 1. The molecular formula is C34H34F4N4O3S. The molecule has 0 unspecified atom stereocenters. The lowest BCUT2D eigenvalue weighted by molar-refractivity contribution is -0.117.